The molecule has 2 N–H and O–H groups in total. The van der Waals surface area contributed by atoms with Crippen molar-refractivity contribution in [3.8, 4) is 0 Å². The van der Waals surface area contributed by atoms with Gasteiger partial charge in [-0.05, 0) is 18.1 Å². The maximum atomic E-state index is 14.2. The molecule has 1 amide bonds. The number of aliphatic carboxylic acids is 1. The highest BCUT2D eigenvalue weighted by Gasteiger charge is 2.27. The lowest BCUT2D eigenvalue weighted by Crippen LogP contribution is -2.44. The molecule has 1 rings (SSSR count). The van der Waals surface area contributed by atoms with Gasteiger partial charge in [-0.15, -0.1) is 0 Å². The number of hydrogen-bond acceptors (Lipinski definition) is 4. The Kier molecular flexibility index (Phi) is 5.69. The number of nitrogens with one attached hydrogen (secondary N) is 1. The number of benzene rings is 1. The van der Waals surface area contributed by atoms with Gasteiger partial charge in [-0.1, -0.05) is 29.8 Å². The van der Waals surface area contributed by atoms with Crippen LogP contribution in [0.4, 0.5) is 4.39 Å². The molecule has 22 heavy (non-hydrogen) atoms. The first-order valence-corrected chi connectivity index (χ1v) is 8.86. The summed E-state index contributed by atoms with van der Waals surface area (Å²) < 4.78 is 37.5. The first-order valence-electron chi connectivity index (χ1n) is 6.18. The molecule has 122 valence electrons. The zero-order chi connectivity index (χ0) is 17.2. The Labute approximate surface area is 135 Å². The minimum absolute atomic E-state index is 0.191. The second kappa shape index (κ2) is 6.74. The molecular formula is C13H15BrFNO5S. The van der Waals surface area contributed by atoms with Crippen LogP contribution in [0, 0.1) is 11.7 Å². The normalized spacial score (nSPS) is 13.0. The van der Waals surface area contributed by atoms with Crippen molar-refractivity contribution in [2.45, 2.75) is 24.8 Å². The molecule has 0 saturated carbocycles. The number of carbonyl (C=O) groups is 2. The van der Waals surface area contributed by atoms with Crippen molar-refractivity contribution >= 4 is 37.6 Å². The molecule has 0 heterocycles. The van der Waals surface area contributed by atoms with Crippen molar-refractivity contribution in [2.75, 3.05) is 6.26 Å². The number of hydrogen-bond donors (Lipinski definition) is 2. The molecule has 0 bridgehead atoms. The van der Waals surface area contributed by atoms with Crippen molar-refractivity contribution in [3.63, 3.8) is 0 Å². The summed E-state index contributed by atoms with van der Waals surface area (Å²) in [4.78, 5) is 22.5. The van der Waals surface area contributed by atoms with Gasteiger partial charge in [-0.3, -0.25) is 4.79 Å². The summed E-state index contributed by atoms with van der Waals surface area (Å²) in [5, 5.41) is 11.2. The van der Waals surface area contributed by atoms with E-state index in [2.05, 4.69) is 21.2 Å². The van der Waals surface area contributed by atoms with Crippen LogP contribution in [-0.4, -0.2) is 37.7 Å². The molecule has 0 aromatic heterocycles. The van der Waals surface area contributed by atoms with Crippen molar-refractivity contribution in [1.29, 1.82) is 0 Å². The maximum absolute atomic E-state index is 14.2. The number of amides is 1. The third-order valence-corrected chi connectivity index (χ3v) is 4.42. The topological polar surface area (TPSA) is 101 Å². The molecule has 0 spiro atoms. The molecule has 1 aromatic carbocycles. The third kappa shape index (κ3) is 4.26. The summed E-state index contributed by atoms with van der Waals surface area (Å²) in [5.74, 6) is -3.89. The first kappa shape index (κ1) is 18.6. The van der Waals surface area contributed by atoms with Gasteiger partial charge >= 0.3 is 5.97 Å². The molecule has 0 fully saturated rings. The number of rotatable bonds is 5. The molecule has 0 aliphatic heterocycles. The van der Waals surface area contributed by atoms with E-state index >= 15 is 0 Å². The van der Waals surface area contributed by atoms with Crippen LogP contribution in [0.5, 0.6) is 0 Å². The van der Waals surface area contributed by atoms with Gasteiger partial charge in [0, 0.05) is 10.7 Å². The summed E-state index contributed by atoms with van der Waals surface area (Å²) in [7, 11) is -3.87. The number of sulfone groups is 1. The number of halogens is 2. The van der Waals surface area contributed by atoms with Gasteiger partial charge in [0.15, 0.2) is 15.7 Å². The van der Waals surface area contributed by atoms with E-state index in [1.54, 1.807) is 13.8 Å². The second-order valence-corrected chi connectivity index (χ2v) is 7.97. The highest BCUT2D eigenvalue weighted by Crippen LogP contribution is 2.24. The Morgan fingerprint density at radius 3 is 2.27 bits per heavy atom. The van der Waals surface area contributed by atoms with Gasteiger partial charge in [0.2, 0.25) is 0 Å². The monoisotopic (exact) mass is 395 g/mol. The maximum Gasteiger partial charge on any atom is 0.326 e. The zero-order valence-corrected chi connectivity index (χ0v) is 14.5. The SMILES string of the molecule is CC(C)[C@@H](NC(=O)c1cc(Br)cc(S(C)(=O)=O)c1F)C(=O)O. The Hall–Kier alpha value is -1.48. The summed E-state index contributed by atoms with van der Waals surface area (Å²) in [6.07, 6.45) is 0.813. The van der Waals surface area contributed by atoms with E-state index in [1.165, 1.54) is 0 Å². The predicted molar refractivity (Wildman–Crippen MR) is 80.9 cm³/mol. The van der Waals surface area contributed by atoms with E-state index in [0.29, 0.717) is 0 Å². The smallest absolute Gasteiger partial charge is 0.326 e. The third-order valence-electron chi connectivity index (χ3n) is 2.87. The van der Waals surface area contributed by atoms with Gasteiger partial charge in [0.05, 0.1) is 5.56 Å². The van der Waals surface area contributed by atoms with E-state index in [9.17, 15) is 22.4 Å². The van der Waals surface area contributed by atoms with Crippen LogP contribution >= 0.6 is 15.9 Å². The second-order valence-electron chi connectivity index (χ2n) is 5.07. The Morgan fingerprint density at radius 1 is 1.32 bits per heavy atom. The van der Waals surface area contributed by atoms with Gasteiger partial charge in [-0.2, -0.15) is 0 Å². The molecule has 9 heteroatoms. The van der Waals surface area contributed by atoms with E-state index in [1.807, 2.05) is 0 Å². The highest BCUT2D eigenvalue weighted by molar-refractivity contribution is 9.10. The minimum atomic E-state index is -3.87. The average molecular weight is 396 g/mol. The molecule has 0 aliphatic carbocycles. The Balaban J connectivity index is 3.30. The molecule has 0 radical (unpaired) electrons. The number of carboxylic acid groups (broad SMARTS) is 1. The molecule has 6 nitrogen and oxygen atoms in total. The lowest BCUT2D eigenvalue weighted by molar-refractivity contribution is -0.140. The standard InChI is InChI=1S/C13H15BrFNO5S/c1-6(2)11(13(18)19)16-12(17)8-4-7(14)5-9(10(8)15)22(3,20)21/h4-6,11H,1-3H3,(H,16,17)(H,18,19)/t11-/m1/s1. The lowest BCUT2D eigenvalue weighted by Gasteiger charge is -2.18. The van der Waals surface area contributed by atoms with Crippen LogP contribution in [0.15, 0.2) is 21.5 Å². The molecular weight excluding hydrogens is 381 g/mol. The fourth-order valence-electron chi connectivity index (χ4n) is 1.73. The fourth-order valence-corrected chi connectivity index (χ4v) is 3.12. The van der Waals surface area contributed by atoms with E-state index in [4.69, 9.17) is 5.11 Å². The number of carboxylic acids is 1. The van der Waals surface area contributed by atoms with E-state index < -0.39 is 49.9 Å². The van der Waals surface area contributed by atoms with E-state index in [0.717, 1.165) is 18.4 Å². The predicted octanol–water partition coefficient (Wildman–Crippen LogP) is 1.83. The molecule has 1 aromatic rings. The summed E-state index contributed by atoms with van der Waals surface area (Å²) in [5.41, 5.74) is -0.540. The minimum Gasteiger partial charge on any atom is -0.480 e. The number of carbonyl (C=O) groups excluding carboxylic acids is 1. The van der Waals surface area contributed by atoms with Gasteiger partial charge < -0.3 is 10.4 Å². The van der Waals surface area contributed by atoms with Crippen LogP contribution < -0.4 is 5.32 Å². The van der Waals surface area contributed by atoms with Gasteiger partial charge in [0.25, 0.3) is 5.91 Å². The lowest BCUT2D eigenvalue weighted by atomic mass is 10.0. The quantitative estimate of drug-likeness (QED) is 0.791. The van der Waals surface area contributed by atoms with Crippen LogP contribution in [0.25, 0.3) is 0 Å². The van der Waals surface area contributed by atoms with Crippen LogP contribution in [0.3, 0.4) is 0 Å². The van der Waals surface area contributed by atoms with Crippen LogP contribution in [0.2, 0.25) is 0 Å². The average Bonchev–Trinajstić information content (AvgIpc) is 2.35. The first-order chi connectivity index (χ1) is 9.95. The van der Waals surface area contributed by atoms with Gasteiger partial charge in [-0.25, -0.2) is 17.6 Å². The zero-order valence-electron chi connectivity index (χ0n) is 12.1. The van der Waals surface area contributed by atoms with Crippen molar-refractivity contribution in [1.82, 2.24) is 5.32 Å². The van der Waals surface area contributed by atoms with Crippen molar-refractivity contribution in [2.24, 2.45) is 5.92 Å². The van der Waals surface area contributed by atoms with E-state index in [-0.39, 0.29) is 4.47 Å². The van der Waals surface area contributed by atoms with Crippen molar-refractivity contribution in [3.05, 3.63) is 28.0 Å². The molecule has 0 aliphatic rings. The highest BCUT2D eigenvalue weighted by atomic mass is 79.9. The van der Waals surface area contributed by atoms with Gasteiger partial charge in [0.1, 0.15) is 10.9 Å². The van der Waals surface area contributed by atoms with Crippen LogP contribution in [-0.2, 0) is 14.6 Å². The molecule has 0 saturated heterocycles. The Morgan fingerprint density at radius 2 is 1.86 bits per heavy atom. The largest absolute Gasteiger partial charge is 0.480 e. The molecule has 0 unspecified atom stereocenters. The summed E-state index contributed by atoms with van der Waals surface area (Å²) in [6.45, 7) is 3.16. The molecule has 1 atom stereocenters. The summed E-state index contributed by atoms with van der Waals surface area (Å²) >= 11 is 3.00. The summed E-state index contributed by atoms with van der Waals surface area (Å²) in [6, 6.07) is 0.921. The fraction of sp³-hybridized carbons (Fsp3) is 0.385. The van der Waals surface area contributed by atoms with Crippen molar-refractivity contribution < 1.29 is 27.5 Å². The van der Waals surface area contributed by atoms with Crippen LogP contribution in [0.1, 0.15) is 24.2 Å². The Bertz CT molecular complexity index is 717.